The molecule has 8 N–H and O–H groups in total. The van der Waals surface area contributed by atoms with Crippen LogP contribution in [0.1, 0.15) is 29.6 Å². The highest BCUT2D eigenvalue weighted by Crippen LogP contribution is 2.36. The van der Waals surface area contributed by atoms with Crippen molar-refractivity contribution < 1.29 is 23.4 Å². The summed E-state index contributed by atoms with van der Waals surface area (Å²) in [4.78, 5) is 16.0. The van der Waals surface area contributed by atoms with Crippen molar-refractivity contribution in [2.45, 2.75) is 37.3 Å². The Balaban J connectivity index is 1.93. The molecule has 9 nitrogen and oxygen atoms in total. The second kappa shape index (κ2) is 10.4. The molecule has 12 heteroatoms. The molecule has 2 aromatic rings. The largest absolute Gasteiger partial charge is 0.365 e. The molecular formula is C21H26F3N8O+. The van der Waals surface area contributed by atoms with Crippen LogP contribution in [0.15, 0.2) is 35.4 Å². The Bertz CT molecular complexity index is 1050. The fraction of sp³-hybridized carbons (Fsp3) is 0.333. The Kier molecular flexibility index (Phi) is 7.61. The van der Waals surface area contributed by atoms with E-state index in [4.69, 9.17) is 11.1 Å². The summed E-state index contributed by atoms with van der Waals surface area (Å²) >= 11 is 0. The summed E-state index contributed by atoms with van der Waals surface area (Å²) in [5, 5.41) is 19.2. The second-order valence-corrected chi connectivity index (χ2v) is 7.59. The summed E-state index contributed by atoms with van der Waals surface area (Å²) < 4.78 is 43.9. The van der Waals surface area contributed by atoms with Crippen molar-refractivity contribution in [2.24, 2.45) is 10.8 Å². The lowest BCUT2D eigenvalue weighted by Gasteiger charge is -2.38. The minimum absolute atomic E-state index is 0.0772. The summed E-state index contributed by atoms with van der Waals surface area (Å²) in [6, 6.07) is 5.73. The Morgan fingerprint density at radius 3 is 2.85 bits per heavy atom. The van der Waals surface area contributed by atoms with E-state index in [0.29, 0.717) is 24.2 Å². The molecule has 2 atom stereocenters. The van der Waals surface area contributed by atoms with Crippen LogP contribution in [0.2, 0.25) is 0 Å². The molecule has 0 aliphatic heterocycles. The summed E-state index contributed by atoms with van der Waals surface area (Å²) in [5.74, 6) is -5.45. The quantitative estimate of drug-likeness (QED) is 0.146. The van der Waals surface area contributed by atoms with Gasteiger partial charge in [0.25, 0.3) is 11.8 Å². The smallest absolute Gasteiger partial charge is 0.269 e. The maximum Gasteiger partial charge on any atom is 0.269 e. The average Bonchev–Trinajstić information content (AvgIpc) is 2.77. The lowest BCUT2D eigenvalue weighted by atomic mass is 9.87. The van der Waals surface area contributed by atoms with Gasteiger partial charge in [0, 0.05) is 36.5 Å². The fourth-order valence-corrected chi connectivity index (χ4v) is 3.72. The summed E-state index contributed by atoms with van der Waals surface area (Å²) in [6.07, 6.45) is 2.85. The molecule has 0 saturated heterocycles. The molecule has 33 heavy (non-hydrogen) atoms. The van der Waals surface area contributed by atoms with Gasteiger partial charge in [0.15, 0.2) is 17.3 Å². The van der Waals surface area contributed by atoms with E-state index >= 15 is 0 Å². The zero-order valence-corrected chi connectivity index (χ0v) is 17.9. The second-order valence-electron chi connectivity index (χ2n) is 7.59. The van der Waals surface area contributed by atoms with E-state index < -0.39 is 35.5 Å². The first-order valence-corrected chi connectivity index (χ1v) is 10.3. The van der Waals surface area contributed by atoms with Crippen LogP contribution >= 0.6 is 0 Å². The fourth-order valence-electron chi connectivity index (χ4n) is 3.72. The summed E-state index contributed by atoms with van der Waals surface area (Å²) in [6.45, 7) is 0. The highest BCUT2D eigenvalue weighted by atomic mass is 19.3. The average molecular weight is 463 g/mol. The van der Waals surface area contributed by atoms with Crippen LogP contribution in [0.25, 0.3) is 0 Å². The van der Waals surface area contributed by atoms with Gasteiger partial charge in [0.1, 0.15) is 18.1 Å². The molecule has 1 aliphatic carbocycles. The molecular weight excluding hydrogens is 437 g/mol. The zero-order valence-electron chi connectivity index (χ0n) is 17.9. The molecule has 1 amide bonds. The van der Waals surface area contributed by atoms with Gasteiger partial charge < -0.3 is 27.1 Å². The number of pyridine rings is 1. The van der Waals surface area contributed by atoms with E-state index in [0.717, 1.165) is 12.3 Å². The lowest BCUT2D eigenvalue weighted by Crippen LogP contribution is -2.71. The van der Waals surface area contributed by atoms with Gasteiger partial charge in [-0.05, 0) is 32.0 Å². The number of halogens is 3. The molecule has 1 aliphatic rings. The SMILES string of the molecule is CNC1CCCC(F)(F)C1Nc1nc(Nc2cccc([NH2+]N=CC=N)c2)c(C(N)=O)cc1F. The number of carbonyl (C=O) groups excluding carboxylic acids is 1. The topological polar surface area (TPSA) is 145 Å². The van der Waals surface area contributed by atoms with E-state index in [-0.39, 0.29) is 17.8 Å². The number of alkyl halides is 2. The molecule has 176 valence electrons. The third-order valence-electron chi connectivity index (χ3n) is 5.32. The zero-order chi connectivity index (χ0) is 24.0. The monoisotopic (exact) mass is 463 g/mol. The minimum atomic E-state index is -3.07. The molecule has 1 saturated carbocycles. The number of benzene rings is 1. The van der Waals surface area contributed by atoms with Crippen LogP contribution < -0.4 is 27.1 Å². The first-order valence-electron chi connectivity index (χ1n) is 10.3. The standard InChI is InChI=1S/C21H25F3N8O/c1-27-16-6-3-7-21(23,24)17(16)30-20-15(22)11-14(18(26)33)19(31-20)29-12-4-2-5-13(10-12)32-28-9-8-25/h2,4-5,8-11,16-17,25,27,32H,3,6-7H2,1H3,(H2,26,33)(H2,29,30,31)/p+1. The van der Waals surface area contributed by atoms with Gasteiger partial charge in [-0.25, -0.2) is 18.2 Å². The van der Waals surface area contributed by atoms with E-state index in [2.05, 4.69) is 26.0 Å². The number of nitrogens with one attached hydrogen (secondary N) is 4. The Morgan fingerprint density at radius 1 is 1.36 bits per heavy atom. The minimum Gasteiger partial charge on any atom is -0.365 e. The number of hydrogen-bond acceptors (Lipinski definition) is 7. The van der Waals surface area contributed by atoms with Gasteiger partial charge in [-0.15, -0.1) is 0 Å². The van der Waals surface area contributed by atoms with E-state index in [1.165, 1.54) is 11.6 Å². The molecule has 1 fully saturated rings. The van der Waals surface area contributed by atoms with Gasteiger partial charge in [0.2, 0.25) is 0 Å². The number of carbonyl (C=O) groups is 1. The first kappa shape index (κ1) is 24.1. The third-order valence-corrected chi connectivity index (χ3v) is 5.32. The van der Waals surface area contributed by atoms with Crippen molar-refractivity contribution in [2.75, 3.05) is 17.7 Å². The number of nitrogens with zero attached hydrogens (tertiary/aromatic N) is 2. The number of nitrogens with two attached hydrogens (primary N) is 2. The van der Waals surface area contributed by atoms with Crippen molar-refractivity contribution in [3.8, 4) is 0 Å². The number of aromatic nitrogens is 1. The number of amides is 1. The van der Waals surface area contributed by atoms with Gasteiger partial charge in [-0.3, -0.25) is 4.79 Å². The maximum atomic E-state index is 14.7. The summed E-state index contributed by atoms with van der Waals surface area (Å²) in [7, 11) is 1.57. The van der Waals surface area contributed by atoms with Gasteiger partial charge in [-0.1, -0.05) is 11.2 Å². The number of primary amides is 1. The Hall–Kier alpha value is -3.51. The van der Waals surface area contributed by atoms with Crippen molar-refractivity contribution in [3.05, 3.63) is 41.7 Å². The molecule has 1 aromatic heterocycles. The Labute approximate surface area is 188 Å². The Morgan fingerprint density at radius 2 is 2.15 bits per heavy atom. The van der Waals surface area contributed by atoms with Crippen molar-refractivity contribution >= 4 is 41.3 Å². The van der Waals surface area contributed by atoms with Crippen LogP contribution in [0, 0.1) is 11.2 Å². The molecule has 2 unspecified atom stereocenters. The van der Waals surface area contributed by atoms with E-state index in [9.17, 15) is 18.0 Å². The summed E-state index contributed by atoms with van der Waals surface area (Å²) in [5.41, 5.74) is 7.84. The van der Waals surface area contributed by atoms with E-state index in [1.807, 2.05) is 0 Å². The highest BCUT2D eigenvalue weighted by molar-refractivity contribution is 6.14. The van der Waals surface area contributed by atoms with E-state index in [1.54, 1.807) is 31.3 Å². The molecule has 3 rings (SSSR count). The predicted octanol–water partition coefficient (Wildman–Crippen LogP) is 2.08. The van der Waals surface area contributed by atoms with Gasteiger partial charge >= 0.3 is 0 Å². The van der Waals surface area contributed by atoms with Crippen LogP contribution in [-0.2, 0) is 0 Å². The van der Waals surface area contributed by atoms with Gasteiger partial charge in [-0.2, -0.15) is 5.43 Å². The van der Waals surface area contributed by atoms with Crippen molar-refractivity contribution in [3.63, 3.8) is 0 Å². The molecule has 1 heterocycles. The van der Waals surface area contributed by atoms with Crippen LogP contribution in [0.5, 0.6) is 0 Å². The number of likely N-dealkylation sites (N-methyl/N-ethyl adjacent to an activating group) is 1. The number of hydrogen-bond donors (Lipinski definition) is 6. The number of quaternary nitrogens is 1. The third kappa shape index (κ3) is 5.84. The number of anilines is 3. The first-order chi connectivity index (χ1) is 15.7. The highest BCUT2D eigenvalue weighted by Gasteiger charge is 2.47. The normalized spacial score (nSPS) is 19.9. The van der Waals surface area contributed by atoms with Crippen molar-refractivity contribution in [1.82, 2.24) is 10.3 Å². The van der Waals surface area contributed by atoms with Gasteiger partial charge in [0.05, 0.1) is 5.56 Å². The molecule has 0 spiro atoms. The molecule has 0 bridgehead atoms. The number of rotatable bonds is 9. The lowest BCUT2D eigenvalue weighted by molar-refractivity contribution is -0.576. The maximum absolute atomic E-state index is 14.7. The van der Waals surface area contributed by atoms with Crippen molar-refractivity contribution in [1.29, 1.82) is 5.41 Å². The van der Waals surface area contributed by atoms with Crippen LogP contribution in [0.3, 0.4) is 0 Å². The molecule has 0 radical (unpaired) electrons. The van der Waals surface area contributed by atoms with Crippen LogP contribution in [0.4, 0.5) is 36.2 Å². The van der Waals surface area contributed by atoms with Crippen LogP contribution in [-0.4, -0.2) is 48.4 Å². The molecule has 1 aromatic carbocycles. The predicted molar refractivity (Wildman–Crippen MR) is 120 cm³/mol.